The molecule has 0 bridgehead atoms. The van der Waals surface area contributed by atoms with Gasteiger partial charge < -0.3 is 20.3 Å². The van der Waals surface area contributed by atoms with Crippen LogP contribution in [0.4, 0.5) is 5.82 Å². The van der Waals surface area contributed by atoms with E-state index in [1.807, 2.05) is 24.0 Å². The summed E-state index contributed by atoms with van der Waals surface area (Å²) in [6.07, 6.45) is 4.34. The Labute approximate surface area is 183 Å². The van der Waals surface area contributed by atoms with Gasteiger partial charge in [-0.15, -0.1) is 11.8 Å². The number of morpholine rings is 1. The second-order valence-corrected chi connectivity index (χ2v) is 9.27. The Morgan fingerprint density at radius 2 is 1.93 bits per heavy atom. The summed E-state index contributed by atoms with van der Waals surface area (Å²) >= 11 is 1.98. The number of pyridine rings is 1. The van der Waals surface area contributed by atoms with Gasteiger partial charge in [-0.25, -0.2) is 9.98 Å². The van der Waals surface area contributed by atoms with Crippen molar-refractivity contribution in [1.29, 1.82) is 0 Å². The van der Waals surface area contributed by atoms with Gasteiger partial charge >= 0.3 is 0 Å². The monoisotopic (exact) mass is 425 g/mol. The number of nitrogens with zero attached hydrogens (tertiary/aromatic N) is 3. The third-order valence-electron chi connectivity index (χ3n) is 5.39. The molecule has 1 aromatic carbocycles. The van der Waals surface area contributed by atoms with Crippen molar-refractivity contribution in [3.8, 4) is 0 Å². The van der Waals surface area contributed by atoms with Crippen LogP contribution in [0.2, 0.25) is 0 Å². The molecule has 0 amide bonds. The Hall–Kier alpha value is -2.25. The van der Waals surface area contributed by atoms with Crippen molar-refractivity contribution in [1.82, 2.24) is 15.6 Å². The highest BCUT2D eigenvalue weighted by molar-refractivity contribution is 8.01. The van der Waals surface area contributed by atoms with Crippen molar-refractivity contribution >= 4 is 23.5 Å². The van der Waals surface area contributed by atoms with Crippen LogP contribution in [-0.4, -0.2) is 55.1 Å². The van der Waals surface area contributed by atoms with Gasteiger partial charge in [0.25, 0.3) is 0 Å². The molecule has 2 aliphatic rings. The number of nitrogens with one attached hydrogen (secondary N) is 2. The number of anilines is 1. The van der Waals surface area contributed by atoms with E-state index in [0.29, 0.717) is 6.54 Å². The molecule has 30 heavy (non-hydrogen) atoms. The molecule has 2 fully saturated rings. The summed E-state index contributed by atoms with van der Waals surface area (Å²) in [5, 5.41) is 6.97. The fourth-order valence-electron chi connectivity index (χ4n) is 3.56. The van der Waals surface area contributed by atoms with E-state index >= 15 is 0 Å². The predicted molar refractivity (Wildman–Crippen MR) is 124 cm³/mol. The van der Waals surface area contributed by atoms with Gasteiger partial charge in [0.1, 0.15) is 5.82 Å². The molecular weight excluding hydrogens is 394 g/mol. The van der Waals surface area contributed by atoms with Crippen LogP contribution in [-0.2, 0) is 11.3 Å². The number of rotatable bonds is 8. The Balaban J connectivity index is 1.39. The van der Waals surface area contributed by atoms with E-state index < -0.39 is 0 Å². The first-order valence-electron chi connectivity index (χ1n) is 10.8. The molecule has 0 spiro atoms. The first kappa shape index (κ1) is 21.0. The highest BCUT2D eigenvalue weighted by Gasteiger charge is 2.43. The van der Waals surface area contributed by atoms with Crippen LogP contribution >= 0.6 is 11.8 Å². The van der Waals surface area contributed by atoms with Gasteiger partial charge in [0, 0.05) is 47.6 Å². The summed E-state index contributed by atoms with van der Waals surface area (Å²) in [6, 6.07) is 14.8. The van der Waals surface area contributed by atoms with Gasteiger partial charge in [0.2, 0.25) is 0 Å². The van der Waals surface area contributed by atoms with Crippen LogP contribution in [0.15, 0.2) is 58.5 Å². The molecule has 160 valence electrons. The number of ether oxygens (including phenoxy) is 1. The second-order valence-electron chi connectivity index (χ2n) is 7.73. The standard InChI is InChI=1S/C23H31N5OS/c1-2-24-22(27-18-23(10-11-23)30-20-8-4-3-5-9-20)26-17-19-7-6-12-25-21(19)28-13-15-29-16-14-28/h3-9,12H,2,10-11,13-18H2,1H3,(H2,24,26,27). The topological polar surface area (TPSA) is 61.8 Å². The van der Waals surface area contributed by atoms with Crippen molar-refractivity contribution in [3.63, 3.8) is 0 Å². The fraction of sp³-hybridized carbons (Fsp3) is 0.478. The largest absolute Gasteiger partial charge is 0.378 e. The van der Waals surface area contributed by atoms with Crippen molar-refractivity contribution in [2.24, 2.45) is 4.99 Å². The molecule has 7 heteroatoms. The summed E-state index contributed by atoms with van der Waals surface area (Å²) in [7, 11) is 0. The van der Waals surface area contributed by atoms with Crippen molar-refractivity contribution in [2.45, 2.75) is 36.0 Å². The maximum atomic E-state index is 5.48. The fourth-order valence-corrected chi connectivity index (χ4v) is 4.80. The average Bonchev–Trinajstić information content (AvgIpc) is 3.56. The molecule has 0 radical (unpaired) electrons. The van der Waals surface area contributed by atoms with Crippen LogP contribution in [0.25, 0.3) is 0 Å². The van der Waals surface area contributed by atoms with Crippen molar-refractivity contribution in [3.05, 3.63) is 54.2 Å². The molecule has 1 saturated heterocycles. The van der Waals surface area contributed by atoms with Crippen LogP contribution in [0.5, 0.6) is 0 Å². The Kier molecular flexibility index (Phi) is 7.12. The van der Waals surface area contributed by atoms with E-state index in [2.05, 4.69) is 63.8 Å². The third-order valence-corrected chi connectivity index (χ3v) is 6.89. The van der Waals surface area contributed by atoms with Crippen LogP contribution < -0.4 is 15.5 Å². The Morgan fingerprint density at radius 1 is 1.13 bits per heavy atom. The van der Waals surface area contributed by atoms with Gasteiger partial charge in [-0.2, -0.15) is 0 Å². The molecule has 6 nitrogen and oxygen atoms in total. The van der Waals surface area contributed by atoms with E-state index in [4.69, 9.17) is 9.73 Å². The summed E-state index contributed by atoms with van der Waals surface area (Å²) in [5.41, 5.74) is 1.15. The normalized spacial score (nSPS) is 18.2. The van der Waals surface area contributed by atoms with Crippen molar-refractivity contribution < 1.29 is 4.74 Å². The van der Waals surface area contributed by atoms with Crippen LogP contribution in [0.1, 0.15) is 25.3 Å². The number of hydrogen-bond acceptors (Lipinski definition) is 5. The highest BCUT2D eigenvalue weighted by Crippen LogP contribution is 2.51. The van der Waals surface area contributed by atoms with Crippen LogP contribution in [0, 0.1) is 0 Å². The lowest BCUT2D eigenvalue weighted by Crippen LogP contribution is -2.41. The molecule has 1 aromatic heterocycles. The first-order valence-corrected chi connectivity index (χ1v) is 11.6. The summed E-state index contributed by atoms with van der Waals surface area (Å²) in [6.45, 7) is 7.74. The lowest BCUT2D eigenvalue weighted by molar-refractivity contribution is 0.122. The maximum absolute atomic E-state index is 5.48. The number of thioether (sulfide) groups is 1. The molecule has 1 aliphatic heterocycles. The SMILES string of the molecule is CCNC(=NCc1cccnc1N1CCOCC1)NCC1(Sc2ccccc2)CC1. The molecule has 2 aromatic rings. The van der Waals surface area contributed by atoms with Gasteiger partial charge in [0.05, 0.1) is 19.8 Å². The van der Waals surface area contributed by atoms with Crippen molar-refractivity contribution in [2.75, 3.05) is 44.3 Å². The number of guanidine groups is 1. The molecule has 0 unspecified atom stereocenters. The van der Waals surface area contributed by atoms with Crippen LogP contribution in [0.3, 0.4) is 0 Å². The second kappa shape index (κ2) is 10.2. The molecule has 0 atom stereocenters. The van der Waals surface area contributed by atoms with E-state index in [1.54, 1.807) is 0 Å². The molecule has 1 aliphatic carbocycles. The Morgan fingerprint density at radius 3 is 2.67 bits per heavy atom. The Bertz CT molecular complexity index is 834. The smallest absolute Gasteiger partial charge is 0.191 e. The number of aromatic nitrogens is 1. The predicted octanol–water partition coefficient (Wildman–Crippen LogP) is 3.30. The summed E-state index contributed by atoms with van der Waals surface area (Å²) in [5.74, 6) is 1.90. The first-order chi connectivity index (χ1) is 14.8. The van der Waals surface area contributed by atoms with Gasteiger partial charge in [0.15, 0.2) is 5.96 Å². The minimum absolute atomic E-state index is 0.283. The van der Waals surface area contributed by atoms with E-state index in [-0.39, 0.29) is 4.75 Å². The zero-order chi connectivity index (χ0) is 20.7. The maximum Gasteiger partial charge on any atom is 0.191 e. The van der Waals surface area contributed by atoms with E-state index in [1.165, 1.54) is 17.7 Å². The number of benzene rings is 1. The van der Waals surface area contributed by atoms with E-state index in [9.17, 15) is 0 Å². The lowest BCUT2D eigenvalue weighted by Gasteiger charge is -2.29. The van der Waals surface area contributed by atoms with E-state index in [0.717, 1.165) is 56.7 Å². The van der Waals surface area contributed by atoms with Gasteiger partial charge in [-0.05, 0) is 38.0 Å². The molecule has 2 N–H and O–H groups in total. The van der Waals surface area contributed by atoms with Gasteiger partial charge in [-0.1, -0.05) is 24.3 Å². The number of aliphatic imine (C=N–C) groups is 1. The zero-order valence-corrected chi connectivity index (χ0v) is 18.5. The average molecular weight is 426 g/mol. The molecule has 2 heterocycles. The molecule has 4 rings (SSSR count). The minimum Gasteiger partial charge on any atom is -0.378 e. The summed E-state index contributed by atoms with van der Waals surface area (Å²) < 4.78 is 5.77. The quantitative estimate of drug-likeness (QED) is 0.500. The lowest BCUT2D eigenvalue weighted by atomic mass is 10.2. The minimum atomic E-state index is 0.283. The molecular formula is C23H31N5OS. The third kappa shape index (κ3) is 5.67. The highest BCUT2D eigenvalue weighted by atomic mass is 32.2. The summed E-state index contributed by atoms with van der Waals surface area (Å²) in [4.78, 5) is 13.1. The number of hydrogen-bond donors (Lipinski definition) is 2. The van der Waals surface area contributed by atoms with Gasteiger partial charge in [-0.3, -0.25) is 0 Å². The zero-order valence-electron chi connectivity index (χ0n) is 17.6. The molecule has 1 saturated carbocycles.